The Kier molecular flexibility index (Phi) is 5.82. The highest BCUT2D eigenvalue weighted by Crippen LogP contribution is 2.32. The monoisotopic (exact) mass is 447 g/mol. The Morgan fingerprint density at radius 3 is 2.57 bits per heavy atom. The van der Waals surface area contributed by atoms with E-state index in [9.17, 15) is 21.6 Å². The van der Waals surface area contributed by atoms with Crippen molar-refractivity contribution >= 4 is 44.5 Å². The molecular weight excluding hydrogens is 435 g/mol. The van der Waals surface area contributed by atoms with Crippen LogP contribution in [0.2, 0.25) is 5.02 Å². The number of sulfonamides is 1. The van der Waals surface area contributed by atoms with Crippen molar-refractivity contribution in [2.45, 2.75) is 17.9 Å². The Morgan fingerprint density at radius 2 is 1.89 bits per heavy atom. The van der Waals surface area contributed by atoms with Gasteiger partial charge < -0.3 is 5.32 Å². The van der Waals surface area contributed by atoms with Crippen LogP contribution in [0, 0.1) is 17.5 Å². The lowest BCUT2D eigenvalue weighted by Crippen LogP contribution is -2.16. The smallest absolute Gasteiger partial charge is 0.266 e. The third-order valence-electron chi connectivity index (χ3n) is 3.78. The van der Waals surface area contributed by atoms with E-state index in [1.54, 1.807) is 0 Å². The number of nitrogens with one attached hydrogen (secondary N) is 2. The summed E-state index contributed by atoms with van der Waals surface area (Å²) in [7, 11) is -4.25. The summed E-state index contributed by atoms with van der Waals surface area (Å²) in [5.41, 5.74) is 1.46. The molecule has 28 heavy (non-hydrogen) atoms. The summed E-state index contributed by atoms with van der Waals surface area (Å²) in [5, 5.41) is 4.09. The predicted molar refractivity (Wildman–Crippen MR) is 103 cm³/mol. The summed E-state index contributed by atoms with van der Waals surface area (Å²) in [6.07, 6.45) is 0. The van der Waals surface area contributed by atoms with Crippen molar-refractivity contribution in [2.24, 2.45) is 0 Å². The van der Waals surface area contributed by atoms with Crippen molar-refractivity contribution in [3.05, 3.63) is 69.3 Å². The number of rotatable bonds is 6. The Morgan fingerprint density at radius 1 is 1.14 bits per heavy atom. The summed E-state index contributed by atoms with van der Waals surface area (Å²) in [6.45, 7) is 1.53. The molecule has 0 radical (unpaired) electrons. The lowest BCUT2D eigenvalue weighted by molar-refractivity contribution is 0.569. The minimum Gasteiger partial charge on any atom is -0.377 e. The van der Waals surface area contributed by atoms with Crippen molar-refractivity contribution in [1.29, 1.82) is 0 Å². The first kappa shape index (κ1) is 20.4. The van der Waals surface area contributed by atoms with E-state index in [4.69, 9.17) is 11.6 Å². The van der Waals surface area contributed by atoms with Gasteiger partial charge in [-0.05, 0) is 37.3 Å². The Hall–Kier alpha value is -2.30. The molecule has 0 spiro atoms. The average molecular weight is 448 g/mol. The molecule has 3 aromatic rings. The van der Waals surface area contributed by atoms with Gasteiger partial charge in [-0.1, -0.05) is 11.6 Å². The van der Waals surface area contributed by atoms with Gasteiger partial charge in [0.2, 0.25) is 0 Å². The van der Waals surface area contributed by atoms with Crippen molar-refractivity contribution in [1.82, 2.24) is 4.98 Å². The van der Waals surface area contributed by atoms with Crippen molar-refractivity contribution in [2.75, 3.05) is 10.0 Å². The van der Waals surface area contributed by atoms with Gasteiger partial charge in [0, 0.05) is 10.9 Å². The van der Waals surface area contributed by atoms with E-state index < -0.39 is 38.4 Å². The lowest BCUT2D eigenvalue weighted by atomic mass is 10.1. The Labute approximate surface area is 168 Å². The summed E-state index contributed by atoms with van der Waals surface area (Å²) in [6, 6.07) is 4.02. The largest absolute Gasteiger partial charge is 0.377 e. The normalized spacial score (nSPS) is 12.6. The average Bonchev–Trinajstić information content (AvgIpc) is 3.11. The quantitative estimate of drug-likeness (QED) is 0.545. The maximum atomic E-state index is 14.5. The fourth-order valence-corrected chi connectivity index (χ4v) is 4.39. The van der Waals surface area contributed by atoms with Crippen molar-refractivity contribution in [3.8, 4) is 0 Å². The van der Waals surface area contributed by atoms with Gasteiger partial charge in [0.05, 0.1) is 22.3 Å². The molecule has 0 aliphatic heterocycles. The highest BCUT2D eigenvalue weighted by molar-refractivity contribution is 7.92. The summed E-state index contributed by atoms with van der Waals surface area (Å²) in [4.78, 5) is 3.11. The maximum Gasteiger partial charge on any atom is 0.266 e. The highest BCUT2D eigenvalue weighted by atomic mass is 35.5. The second-order valence-electron chi connectivity index (χ2n) is 5.77. The molecule has 148 valence electrons. The van der Waals surface area contributed by atoms with Crippen LogP contribution in [0.15, 0.2) is 46.1 Å². The SMILES string of the molecule is CC(Nc1cc(F)c(S(=O)(=O)Nc2cscn2)cc1Cl)c1cc(F)ccc1F. The highest BCUT2D eigenvalue weighted by Gasteiger charge is 2.23. The molecular formula is C17H13ClF3N3O2S2. The van der Waals surface area contributed by atoms with Gasteiger partial charge in [-0.15, -0.1) is 11.3 Å². The van der Waals surface area contributed by atoms with Crippen molar-refractivity contribution in [3.63, 3.8) is 0 Å². The van der Waals surface area contributed by atoms with Crippen LogP contribution in [-0.2, 0) is 10.0 Å². The molecule has 11 heteroatoms. The predicted octanol–water partition coefficient (Wildman–Crippen LogP) is 5.19. The van der Waals surface area contributed by atoms with E-state index >= 15 is 0 Å². The molecule has 0 aliphatic carbocycles. The van der Waals surface area contributed by atoms with E-state index in [2.05, 4.69) is 15.0 Å². The number of nitrogens with zero attached hydrogens (tertiary/aromatic N) is 1. The second-order valence-corrected chi connectivity index (χ2v) is 8.55. The van der Waals surface area contributed by atoms with Gasteiger partial charge in [0.1, 0.15) is 22.3 Å². The molecule has 0 bridgehead atoms. The molecule has 2 N–H and O–H groups in total. The van der Waals surface area contributed by atoms with E-state index in [1.165, 1.54) is 29.2 Å². The first-order valence-electron chi connectivity index (χ1n) is 7.79. The fourth-order valence-electron chi connectivity index (χ4n) is 2.46. The van der Waals surface area contributed by atoms with Gasteiger partial charge in [0.25, 0.3) is 10.0 Å². The molecule has 0 amide bonds. The molecule has 0 fully saturated rings. The molecule has 1 unspecified atom stereocenters. The number of hydrogen-bond acceptors (Lipinski definition) is 5. The van der Waals surface area contributed by atoms with Gasteiger partial charge >= 0.3 is 0 Å². The van der Waals surface area contributed by atoms with Gasteiger partial charge in [-0.3, -0.25) is 4.72 Å². The number of halogens is 4. The fraction of sp³-hybridized carbons (Fsp3) is 0.118. The van der Waals surface area contributed by atoms with Crippen LogP contribution < -0.4 is 10.0 Å². The van der Waals surface area contributed by atoms with Crippen LogP contribution in [0.4, 0.5) is 24.7 Å². The zero-order chi connectivity index (χ0) is 20.5. The van der Waals surface area contributed by atoms with Crippen LogP contribution >= 0.6 is 22.9 Å². The van der Waals surface area contributed by atoms with E-state index in [-0.39, 0.29) is 22.1 Å². The zero-order valence-corrected chi connectivity index (χ0v) is 16.6. The second kappa shape index (κ2) is 7.98. The van der Waals surface area contributed by atoms with Crippen LogP contribution in [0.5, 0.6) is 0 Å². The van der Waals surface area contributed by atoms with Gasteiger partial charge in [-0.2, -0.15) is 0 Å². The minimum absolute atomic E-state index is 0.0124. The summed E-state index contributed by atoms with van der Waals surface area (Å²) in [5.74, 6) is -2.29. The first-order chi connectivity index (χ1) is 13.2. The van der Waals surface area contributed by atoms with Crippen LogP contribution in [0.3, 0.4) is 0 Å². The molecule has 2 aromatic carbocycles. The van der Waals surface area contributed by atoms with Crippen LogP contribution in [0.25, 0.3) is 0 Å². The van der Waals surface area contributed by atoms with Crippen molar-refractivity contribution < 1.29 is 21.6 Å². The van der Waals surface area contributed by atoms with Gasteiger partial charge in [-0.25, -0.2) is 26.6 Å². The molecule has 0 saturated heterocycles. The molecule has 1 aromatic heterocycles. The Balaban J connectivity index is 1.88. The standard InChI is InChI=1S/C17H13ClF3N3O2S2/c1-9(11-4-10(19)2-3-13(11)20)23-15-6-14(21)16(5-12(15)18)28(25,26)24-17-7-27-8-22-17/h2-9,23-24H,1H3. The number of thiazole rings is 1. The summed E-state index contributed by atoms with van der Waals surface area (Å²) >= 11 is 7.26. The Bertz CT molecular complexity index is 1110. The zero-order valence-electron chi connectivity index (χ0n) is 14.2. The maximum absolute atomic E-state index is 14.5. The van der Waals surface area contributed by atoms with E-state index in [0.717, 1.165) is 30.3 Å². The third kappa shape index (κ3) is 4.40. The van der Waals surface area contributed by atoms with Crippen LogP contribution in [-0.4, -0.2) is 13.4 Å². The molecule has 0 aliphatic rings. The molecule has 5 nitrogen and oxygen atoms in total. The summed E-state index contributed by atoms with van der Waals surface area (Å²) < 4.78 is 68.6. The molecule has 1 heterocycles. The van der Waals surface area contributed by atoms with Crippen LogP contribution in [0.1, 0.15) is 18.5 Å². The number of hydrogen-bond donors (Lipinski definition) is 2. The number of anilines is 2. The number of benzene rings is 2. The van der Waals surface area contributed by atoms with E-state index in [1.807, 2.05) is 0 Å². The van der Waals surface area contributed by atoms with E-state index in [0.29, 0.717) is 0 Å². The molecule has 0 saturated carbocycles. The lowest BCUT2D eigenvalue weighted by Gasteiger charge is -2.18. The van der Waals surface area contributed by atoms with Gasteiger partial charge in [0.15, 0.2) is 5.82 Å². The third-order valence-corrected chi connectivity index (χ3v) is 6.05. The molecule has 3 rings (SSSR count). The topological polar surface area (TPSA) is 71.1 Å². The minimum atomic E-state index is -4.25. The first-order valence-corrected chi connectivity index (χ1v) is 10.6. The number of aromatic nitrogens is 1. The molecule has 1 atom stereocenters.